The summed E-state index contributed by atoms with van der Waals surface area (Å²) < 4.78 is 39.8. The molecule has 3 aromatic rings. The van der Waals surface area contributed by atoms with Gasteiger partial charge in [0.1, 0.15) is 23.0 Å². The summed E-state index contributed by atoms with van der Waals surface area (Å²) in [5.41, 5.74) is -0.921. The van der Waals surface area contributed by atoms with Gasteiger partial charge in [0.25, 0.3) is 0 Å². The van der Waals surface area contributed by atoms with Crippen LogP contribution in [0.1, 0.15) is 17.3 Å². The number of nitrogens with zero attached hydrogens (tertiary/aromatic N) is 3. The zero-order valence-electron chi connectivity index (χ0n) is 17.3. The lowest BCUT2D eigenvalue weighted by atomic mass is 10.1. The molecule has 1 N–H and O–H groups in total. The molecule has 0 saturated carbocycles. The molecular formula is C22H21F2N3O5. The number of morpholine rings is 1. The van der Waals surface area contributed by atoms with Gasteiger partial charge in [-0.05, 0) is 31.2 Å². The molecule has 8 nitrogen and oxygen atoms in total. The second-order valence-corrected chi connectivity index (χ2v) is 7.20. The van der Waals surface area contributed by atoms with Crippen molar-refractivity contribution in [3.05, 3.63) is 63.9 Å². The fourth-order valence-electron chi connectivity index (χ4n) is 3.68. The van der Waals surface area contributed by atoms with Crippen LogP contribution in [0.15, 0.2) is 41.3 Å². The Balaban J connectivity index is 1.97. The molecule has 4 rings (SSSR count). The summed E-state index contributed by atoms with van der Waals surface area (Å²) in [5, 5.41) is 9.75. The highest BCUT2D eigenvalue weighted by Crippen LogP contribution is 2.24. The largest absolute Gasteiger partial charge is 0.462 e. The molecule has 0 amide bonds. The van der Waals surface area contributed by atoms with E-state index in [2.05, 4.69) is 4.98 Å². The number of aromatic nitrogens is 2. The summed E-state index contributed by atoms with van der Waals surface area (Å²) in [6, 6.07) is 5.72. The summed E-state index contributed by atoms with van der Waals surface area (Å²) in [6.45, 7) is 2.68. The average Bonchev–Trinajstić information content (AvgIpc) is 2.79. The topological polar surface area (TPSA) is 93.9 Å². The van der Waals surface area contributed by atoms with Crippen molar-refractivity contribution >= 4 is 22.8 Å². The first-order valence-electron chi connectivity index (χ1n) is 10.1. The van der Waals surface area contributed by atoms with Crippen LogP contribution in [0.4, 0.5) is 14.6 Å². The number of fused-ring (bicyclic) bond motifs is 1. The van der Waals surface area contributed by atoms with Gasteiger partial charge in [0, 0.05) is 18.8 Å². The second kappa shape index (κ2) is 9.01. The van der Waals surface area contributed by atoms with Crippen LogP contribution >= 0.6 is 0 Å². The lowest BCUT2D eigenvalue weighted by molar-refractivity contribution is 0.0524. The molecule has 10 heteroatoms. The predicted octanol–water partition coefficient (Wildman–Crippen LogP) is 2.04. The van der Waals surface area contributed by atoms with Gasteiger partial charge in [-0.15, -0.1) is 0 Å². The van der Waals surface area contributed by atoms with Crippen molar-refractivity contribution in [3.8, 4) is 5.69 Å². The Morgan fingerprint density at radius 2 is 2.12 bits per heavy atom. The highest BCUT2D eigenvalue weighted by molar-refractivity contribution is 5.93. The second-order valence-electron chi connectivity index (χ2n) is 7.20. The summed E-state index contributed by atoms with van der Waals surface area (Å²) in [6.07, 6.45) is 1.15. The third kappa shape index (κ3) is 3.94. The van der Waals surface area contributed by atoms with Gasteiger partial charge in [-0.2, -0.15) is 0 Å². The van der Waals surface area contributed by atoms with Crippen LogP contribution in [0.5, 0.6) is 0 Å². The Hall–Kier alpha value is -3.37. The van der Waals surface area contributed by atoms with Crippen LogP contribution in [0.2, 0.25) is 0 Å². The Morgan fingerprint density at radius 1 is 1.31 bits per heavy atom. The van der Waals surface area contributed by atoms with E-state index in [0.717, 1.165) is 12.3 Å². The standard InChI is InChI=1S/C22H21F2N3O5/c1-2-32-22(30)16-10-27(18-5-3-13(23)9-17(18)24)21-15(20(16)29)4-6-19(25-21)26-7-8-31-12-14(26)11-28/h3-6,9-10,14,28H,2,7-8,11-12H2,1H3. The van der Waals surface area contributed by atoms with Gasteiger partial charge in [-0.3, -0.25) is 9.36 Å². The van der Waals surface area contributed by atoms with Crippen LogP contribution in [0.3, 0.4) is 0 Å². The number of hydrogen-bond acceptors (Lipinski definition) is 7. The monoisotopic (exact) mass is 445 g/mol. The Kier molecular flexibility index (Phi) is 6.15. The van der Waals surface area contributed by atoms with E-state index in [1.165, 1.54) is 16.7 Å². The molecule has 1 atom stereocenters. The summed E-state index contributed by atoms with van der Waals surface area (Å²) in [4.78, 5) is 31.7. The molecule has 1 saturated heterocycles. The van der Waals surface area contributed by atoms with E-state index in [-0.39, 0.29) is 41.5 Å². The lowest BCUT2D eigenvalue weighted by Gasteiger charge is -2.35. The van der Waals surface area contributed by atoms with Crippen molar-refractivity contribution in [1.82, 2.24) is 9.55 Å². The van der Waals surface area contributed by atoms with Gasteiger partial charge >= 0.3 is 5.97 Å². The molecule has 2 aromatic heterocycles. The number of rotatable bonds is 5. The van der Waals surface area contributed by atoms with E-state index in [0.29, 0.717) is 31.6 Å². The van der Waals surface area contributed by atoms with Gasteiger partial charge < -0.3 is 19.5 Å². The Morgan fingerprint density at radius 3 is 2.84 bits per heavy atom. The lowest BCUT2D eigenvalue weighted by Crippen LogP contribution is -2.48. The van der Waals surface area contributed by atoms with Crippen LogP contribution in [0, 0.1) is 11.6 Å². The number of pyridine rings is 2. The zero-order chi connectivity index (χ0) is 22.8. The molecule has 0 bridgehead atoms. The summed E-state index contributed by atoms with van der Waals surface area (Å²) in [5.74, 6) is -2.07. The number of halogens is 2. The van der Waals surface area contributed by atoms with Crippen LogP contribution in [0.25, 0.3) is 16.7 Å². The first-order chi connectivity index (χ1) is 15.4. The molecule has 1 aliphatic rings. The SMILES string of the molecule is CCOC(=O)c1cn(-c2ccc(F)cc2F)c2nc(N3CCOCC3CO)ccc2c1=O. The zero-order valence-corrected chi connectivity index (χ0v) is 17.3. The van der Waals surface area contributed by atoms with Crippen LogP contribution < -0.4 is 10.3 Å². The quantitative estimate of drug-likeness (QED) is 0.601. The van der Waals surface area contributed by atoms with Crippen molar-refractivity contribution < 1.29 is 28.2 Å². The first-order valence-corrected chi connectivity index (χ1v) is 10.1. The highest BCUT2D eigenvalue weighted by atomic mass is 19.1. The fraction of sp³-hybridized carbons (Fsp3) is 0.318. The molecular weight excluding hydrogens is 424 g/mol. The van der Waals surface area contributed by atoms with Crippen molar-refractivity contribution in [3.63, 3.8) is 0 Å². The van der Waals surface area contributed by atoms with Gasteiger partial charge in [-0.1, -0.05) is 0 Å². The number of aliphatic hydroxyl groups is 1. The smallest absolute Gasteiger partial charge is 0.343 e. The maximum atomic E-state index is 14.7. The van der Waals surface area contributed by atoms with Crippen molar-refractivity contribution in [2.45, 2.75) is 13.0 Å². The number of carbonyl (C=O) groups is 1. The summed E-state index contributed by atoms with van der Waals surface area (Å²) in [7, 11) is 0. The predicted molar refractivity (Wildman–Crippen MR) is 112 cm³/mol. The number of hydrogen-bond donors (Lipinski definition) is 1. The van der Waals surface area contributed by atoms with E-state index < -0.39 is 23.0 Å². The number of carbonyl (C=O) groups excluding carboxylic acids is 1. The van der Waals surface area contributed by atoms with Gasteiger partial charge in [0.05, 0.1) is 43.5 Å². The fourth-order valence-corrected chi connectivity index (χ4v) is 3.68. The molecule has 1 aliphatic heterocycles. The molecule has 0 aliphatic carbocycles. The highest BCUT2D eigenvalue weighted by Gasteiger charge is 2.25. The molecule has 32 heavy (non-hydrogen) atoms. The molecule has 1 fully saturated rings. The van der Waals surface area contributed by atoms with E-state index >= 15 is 0 Å². The minimum atomic E-state index is -0.892. The van der Waals surface area contributed by atoms with E-state index in [4.69, 9.17) is 9.47 Å². The summed E-state index contributed by atoms with van der Waals surface area (Å²) >= 11 is 0. The van der Waals surface area contributed by atoms with Gasteiger partial charge in [0.2, 0.25) is 5.43 Å². The maximum absolute atomic E-state index is 14.7. The van der Waals surface area contributed by atoms with Gasteiger partial charge in [0.15, 0.2) is 5.65 Å². The van der Waals surface area contributed by atoms with E-state index in [1.807, 2.05) is 4.90 Å². The van der Waals surface area contributed by atoms with Crippen LogP contribution in [-0.2, 0) is 9.47 Å². The normalized spacial score (nSPS) is 16.4. The van der Waals surface area contributed by atoms with Crippen LogP contribution in [-0.4, -0.2) is 59.6 Å². The van der Waals surface area contributed by atoms with Crippen molar-refractivity contribution in [2.75, 3.05) is 37.9 Å². The van der Waals surface area contributed by atoms with E-state index in [1.54, 1.807) is 13.0 Å². The molecule has 0 radical (unpaired) electrons. The molecule has 0 spiro atoms. The molecule has 168 valence electrons. The molecule has 1 unspecified atom stereocenters. The minimum Gasteiger partial charge on any atom is -0.462 e. The number of ether oxygens (including phenoxy) is 2. The maximum Gasteiger partial charge on any atom is 0.343 e. The number of benzene rings is 1. The number of aliphatic hydroxyl groups excluding tert-OH is 1. The third-order valence-corrected chi connectivity index (χ3v) is 5.23. The van der Waals surface area contributed by atoms with Crippen molar-refractivity contribution in [2.24, 2.45) is 0 Å². The molecule has 3 heterocycles. The van der Waals surface area contributed by atoms with Gasteiger partial charge in [-0.25, -0.2) is 18.6 Å². The average molecular weight is 445 g/mol. The Labute approximate surface area is 181 Å². The van der Waals surface area contributed by atoms with Crippen molar-refractivity contribution in [1.29, 1.82) is 0 Å². The third-order valence-electron chi connectivity index (χ3n) is 5.23. The molecule has 1 aromatic carbocycles. The van der Waals surface area contributed by atoms with E-state index in [9.17, 15) is 23.5 Å². The minimum absolute atomic E-state index is 0.0536. The first kappa shape index (κ1) is 21.8. The number of anilines is 1. The Bertz CT molecular complexity index is 1230. The number of esters is 1.